The lowest BCUT2D eigenvalue weighted by molar-refractivity contribution is -0.160. The number of rotatable bonds is 5. The third-order valence-electron chi connectivity index (χ3n) is 2.97. The molecule has 0 spiro atoms. The van der Waals surface area contributed by atoms with Crippen LogP contribution in [0.5, 0.6) is 5.75 Å². The van der Waals surface area contributed by atoms with Gasteiger partial charge in [0.25, 0.3) is 0 Å². The van der Waals surface area contributed by atoms with Crippen molar-refractivity contribution in [3.05, 3.63) is 29.8 Å². The monoisotopic (exact) mass is 263 g/mol. The Kier molecular flexibility index (Phi) is 3.74. The first-order chi connectivity index (χ1) is 9.05. The summed E-state index contributed by atoms with van der Waals surface area (Å²) in [5, 5.41) is 12.9. The van der Waals surface area contributed by atoms with Crippen LogP contribution >= 0.6 is 0 Å². The summed E-state index contributed by atoms with van der Waals surface area (Å²) >= 11 is 0. The Morgan fingerprint density at radius 2 is 2.16 bits per heavy atom. The second-order valence-corrected chi connectivity index (χ2v) is 4.71. The Labute approximate surface area is 111 Å². The van der Waals surface area contributed by atoms with Crippen molar-refractivity contribution in [1.82, 2.24) is 0 Å². The van der Waals surface area contributed by atoms with Gasteiger partial charge < -0.3 is 14.7 Å². The maximum Gasteiger partial charge on any atom is 0.351 e. The van der Waals surface area contributed by atoms with Gasteiger partial charge in [-0.3, -0.25) is 0 Å². The van der Waals surface area contributed by atoms with E-state index in [-0.39, 0.29) is 6.42 Å². The van der Waals surface area contributed by atoms with Gasteiger partial charge >= 0.3 is 5.97 Å². The van der Waals surface area contributed by atoms with Crippen molar-refractivity contribution >= 4 is 11.7 Å². The van der Waals surface area contributed by atoms with Crippen molar-refractivity contribution in [2.24, 2.45) is 5.16 Å². The number of carboxylic acid groups (broad SMARTS) is 1. The average Bonchev–Trinajstić information content (AvgIpc) is 2.81. The zero-order valence-electron chi connectivity index (χ0n) is 11.0. The molecule has 1 atom stereocenters. The molecule has 1 aromatic rings. The maximum atomic E-state index is 11.1. The van der Waals surface area contributed by atoms with E-state index in [1.165, 1.54) is 6.92 Å². The molecule has 0 bridgehead atoms. The van der Waals surface area contributed by atoms with E-state index in [2.05, 4.69) is 5.16 Å². The summed E-state index contributed by atoms with van der Waals surface area (Å²) in [6, 6.07) is 7.43. The molecule has 1 aliphatic heterocycles. The summed E-state index contributed by atoms with van der Waals surface area (Å²) in [5.41, 5.74) is 0.243. The lowest BCUT2D eigenvalue weighted by atomic mass is 9.96. The van der Waals surface area contributed by atoms with Crippen molar-refractivity contribution in [3.63, 3.8) is 0 Å². The Bertz CT molecular complexity index is 495. The largest absolute Gasteiger partial charge is 0.494 e. The van der Waals surface area contributed by atoms with Gasteiger partial charge in [0.1, 0.15) is 5.75 Å². The number of oxime groups is 1. The molecule has 5 heteroatoms. The Hall–Kier alpha value is -2.04. The van der Waals surface area contributed by atoms with Gasteiger partial charge in [0.05, 0.1) is 12.3 Å². The van der Waals surface area contributed by atoms with E-state index in [9.17, 15) is 4.79 Å². The highest BCUT2D eigenvalue weighted by Gasteiger charge is 2.42. The number of carboxylic acids is 1. The molecule has 1 aromatic carbocycles. The van der Waals surface area contributed by atoms with Crippen molar-refractivity contribution in [1.29, 1.82) is 0 Å². The standard InChI is InChI=1S/C14H17NO4/c1-3-8-18-11-6-4-10(5-7-11)12-9-14(2,13(16)17)19-15-12/h4-7H,3,8-9H2,1-2H3,(H,16,17). The van der Waals surface area contributed by atoms with Crippen LogP contribution in [0.4, 0.5) is 0 Å². The molecular formula is C14H17NO4. The van der Waals surface area contributed by atoms with Crippen LogP contribution in [-0.4, -0.2) is 29.0 Å². The molecule has 1 N–H and O–H groups in total. The van der Waals surface area contributed by atoms with Crippen molar-refractivity contribution in [2.75, 3.05) is 6.61 Å². The van der Waals surface area contributed by atoms with Crippen LogP contribution in [0.2, 0.25) is 0 Å². The summed E-state index contributed by atoms with van der Waals surface area (Å²) in [5.74, 6) is -0.208. The van der Waals surface area contributed by atoms with Crippen LogP contribution in [-0.2, 0) is 9.63 Å². The number of nitrogens with zero attached hydrogens (tertiary/aromatic N) is 1. The van der Waals surface area contributed by atoms with Gasteiger partial charge in [0.2, 0.25) is 5.60 Å². The van der Waals surface area contributed by atoms with Crippen LogP contribution < -0.4 is 4.74 Å². The van der Waals surface area contributed by atoms with E-state index < -0.39 is 11.6 Å². The fourth-order valence-electron chi connectivity index (χ4n) is 1.77. The normalized spacial score (nSPS) is 21.7. The molecule has 0 saturated heterocycles. The lowest BCUT2D eigenvalue weighted by Crippen LogP contribution is -2.35. The van der Waals surface area contributed by atoms with Gasteiger partial charge in [-0.15, -0.1) is 0 Å². The molecular weight excluding hydrogens is 246 g/mol. The third kappa shape index (κ3) is 2.86. The van der Waals surface area contributed by atoms with Gasteiger partial charge in [0.15, 0.2) is 0 Å². The molecule has 0 aliphatic carbocycles. The first-order valence-corrected chi connectivity index (χ1v) is 6.27. The van der Waals surface area contributed by atoms with Crippen LogP contribution in [0.25, 0.3) is 0 Å². The minimum absolute atomic E-state index is 0.261. The van der Waals surface area contributed by atoms with E-state index in [1.54, 1.807) is 0 Å². The second kappa shape index (κ2) is 5.30. The zero-order valence-corrected chi connectivity index (χ0v) is 11.0. The first-order valence-electron chi connectivity index (χ1n) is 6.27. The first kappa shape index (κ1) is 13.4. The fraction of sp³-hybridized carbons (Fsp3) is 0.429. The molecule has 19 heavy (non-hydrogen) atoms. The van der Waals surface area contributed by atoms with Crippen LogP contribution in [0.1, 0.15) is 32.3 Å². The number of hydrogen-bond donors (Lipinski definition) is 1. The summed E-state index contributed by atoms with van der Waals surface area (Å²) < 4.78 is 5.49. The van der Waals surface area contributed by atoms with Crippen molar-refractivity contribution in [2.45, 2.75) is 32.3 Å². The molecule has 1 aliphatic rings. The second-order valence-electron chi connectivity index (χ2n) is 4.71. The molecule has 0 amide bonds. The molecule has 0 fully saturated rings. The predicted octanol–water partition coefficient (Wildman–Crippen LogP) is 2.44. The predicted molar refractivity (Wildman–Crippen MR) is 70.5 cm³/mol. The third-order valence-corrected chi connectivity index (χ3v) is 2.97. The molecule has 0 radical (unpaired) electrons. The minimum Gasteiger partial charge on any atom is -0.494 e. The minimum atomic E-state index is -1.26. The van der Waals surface area contributed by atoms with Crippen molar-refractivity contribution < 1.29 is 19.5 Å². The van der Waals surface area contributed by atoms with Crippen LogP contribution in [0, 0.1) is 0 Å². The topological polar surface area (TPSA) is 68.1 Å². The number of carbonyl (C=O) groups is 1. The van der Waals surface area contributed by atoms with E-state index in [4.69, 9.17) is 14.7 Å². The lowest BCUT2D eigenvalue weighted by Gasteiger charge is -2.14. The van der Waals surface area contributed by atoms with Gasteiger partial charge in [-0.25, -0.2) is 4.79 Å². The number of hydrogen-bond acceptors (Lipinski definition) is 4. The van der Waals surface area contributed by atoms with Gasteiger partial charge in [-0.2, -0.15) is 0 Å². The van der Waals surface area contributed by atoms with E-state index >= 15 is 0 Å². The highest BCUT2D eigenvalue weighted by molar-refractivity contribution is 6.04. The molecule has 5 nitrogen and oxygen atoms in total. The summed E-state index contributed by atoms with van der Waals surface area (Å²) in [4.78, 5) is 16.1. The molecule has 0 aromatic heterocycles. The Morgan fingerprint density at radius 1 is 1.47 bits per heavy atom. The summed E-state index contributed by atoms with van der Waals surface area (Å²) in [6.45, 7) is 4.25. The summed E-state index contributed by atoms with van der Waals surface area (Å²) in [6.07, 6.45) is 1.22. The molecule has 1 heterocycles. The average molecular weight is 263 g/mol. The van der Waals surface area contributed by atoms with E-state index in [0.717, 1.165) is 17.7 Å². The molecule has 102 valence electrons. The van der Waals surface area contributed by atoms with Gasteiger partial charge in [0, 0.05) is 6.42 Å². The SMILES string of the molecule is CCCOc1ccc(C2=NOC(C)(C(=O)O)C2)cc1. The Morgan fingerprint density at radius 3 is 2.68 bits per heavy atom. The van der Waals surface area contributed by atoms with E-state index in [0.29, 0.717) is 12.3 Å². The zero-order chi connectivity index (χ0) is 13.9. The highest BCUT2D eigenvalue weighted by atomic mass is 16.7. The molecule has 1 unspecified atom stereocenters. The maximum absolute atomic E-state index is 11.1. The summed E-state index contributed by atoms with van der Waals surface area (Å²) in [7, 11) is 0. The Balaban J connectivity index is 2.06. The van der Waals surface area contributed by atoms with Crippen LogP contribution in [0.15, 0.2) is 29.4 Å². The number of aliphatic carboxylic acids is 1. The van der Waals surface area contributed by atoms with E-state index in [1.807, 2.05) is 31.2 Å². The van der Waals surface area contributed by atoms with Gasteiger partial charge in [-0.05, 0) is 43.2 Å². The molecule has 2 rings (SSSR count). The molecule has 0 saturated carbocycles. The highest BCUT2D eigenvalue weighted by Crippen LogP contribution is 2.27. The fourth-order valence-corrected chi connectivity index (χ4v) is 1.77. The van der Waals surface area contributed by atoms with Crippen LogP contribution in [0.3, 0.4) is 0 Å². The number of benzene rings is 1. The van der Waals surface area contributed by atoms with Gasteiger partial charge in [-0.1, -0.05) is 12.1 Å². The van der Waals surface area contributed by atoms with Crippen molar-refractivity contribution in [3.8, 4) is 5.75 Å². The smallest absolute Gasteiger partial charge is 0.351 e. The number of ether oxygens (including phenoxy) is 1. The quantitative estimate of drug-likeness (QED) is 0.886.